The zero-order valence-corrected chi connectivity index (χ0v) is 14.5. The third kappa shape index (κ3) is 4.06. The quantitative estimate of drug-likeness (QED) is 0.676. The fraction of sp³-hybridized carbons (Fsp3) is 0.857. The Morgan fingerprint density at radius 3 is 1.81 bits per heavy atom. The van der Waals surface area contributed by atoms with Gasteiger partial charge in [-0.25, -0.2) is 4.31 Å². The molecule has 0 radical (unpaired) electrons. The van der Waals surface area contributed by atoms with Gasteiger partial charge in [0.25, 0.3) is 0 Å². The number of amidine groups is 2. The number of aliphatic imine (C=N–C) groups is 1. The van der Waals surface area contributed by atoms with Crippen LogP contribution in [-0.4, -0.2) is 27.0 Å². The lowest BCUT2D eigenvalue weighted by molar-refractivity contribution is 0.182. The van der Waals surface area contributed by atoms with Gasteiger partial charge in [0.1, 0.15) is 11.1 Å². The molecule has 0 amide bonds. The van der Waals surface area contributed by atoms with E-state index in [0.717, 1.165) is 0 Å². The van der Waals surface area contributed by atoms with Crippen LogP contribution >= 0.6 is 23.2 Å². The van der Waals surface area contributed by atoms with Crippen LogP contribution in [0.1, 0.15) is 64.2 Å². The average molecular weight is 349 g/mol. The van der Waals surface area contributed by atoms with E-state index in [1.165, 1.54) is 64.2 Å². The fourth-order valence-electron chi connectivity index (χ4n) is 3.60. The number of hydrogen-bond acceptors (Lipinski definition) is 4. The van der Waals surface area contributed by atoms with Crippen molar-refractivity contribution < 1.29 is 0 Å². The minimum absolute atomic E-state index is 0.245. The van der Waals surface area contributed by atoms with Gasteiger partial charge in [0, 0.05) is 12.1 Å². The van der Waals surface area contributed by atoms with Crippen LogP contribution in [0.25, 0.3) is 0 Å². The Balaban J connectivity index is 1.86. The first kappa shape index (κ1) is 15.9. The summed E-state index contributed by atoms with van der Waals surface area (Å²) in [6, 6.07) is 1.15. The van der Waals surface area contributed by atoms with Gasteiger partial charge in [0.15, 0.2) is 0 Å². The number of hydrogen-bond donors (Lipinski definition) is 0. The van der Waals surface area contributed by atoms with E-state index < -0.39 is 11.1 Å². The summed E-state index contributed by atoms with van der Waals surface area (Å²) in [4.78, 5) is 3.92. The third-order valence-electron chi connectivity index (χ3n) is 4.56. The van der Waals surface area contributed by atoms with Crippen LogP contribution in [0.2, 0.25) is 0 Å². The van der Waals surface area contributed by atoms with E-state index in [0.29, 0.717) is 12.1 Å². The lowest BCUT2D eigenvalue weighted by Gasteiger charge is -2.40. The van der Waals surface area contributed by atoms with E-state index >= 15 is 0 Å². The highest BCUT2D eigenvalue weighted by Gasteiger charge is 2.33. The van der Waals surface area contributed by atoms with Crippen LogP contribution in [0.5, 0.6) is 0 Å². The van der Waals surface area contributed by atoms with Crippen LogP contribution in [0, 0.1) is 0 Å². The standard InChI is InChI=1S/C14H22Cl2N4S/c15-13-17-14(16)19-21(18-13)20(11-7-3-1-4-8-11)12-9-5-2-6-10-12/h11-12H,1-10H2. The Bertz CT molecular complexity index is 445. The molecule has 0 spiro atoms. The molecule has 0 aromatic carbocycles. The van der Waals surface area contributed by atoms with E-state index in [1.807, 2.05) is 0 Å². The molecule has 3 aliphatic rings. The molecule has 1 heterocycles. The van der Waals surface area contributed by atoms with E-state index in [9.17, 15) is 0 Å². The predicted octanol–water partition coefficient (Wildman–Crippen LogP) is 4.79. The van der Waals surface area contributed by atoms with E-state index in [4.69, 9.17) is 23.2 Å². The van der Waals surface area contributed by atoms with Gasteiger partial charge in [-0.2, -0.15) is 13.8 Å². The van der Waals surface area contributed by atoms with Crippen molar-refractivity contribution in [1.29, 1.82) is 0 Å². The molecule has 0 aromatic heterocycles. The van der Waals surface area contributed by atoms with E-state index in [2.05, 4.69) is 18.1 Å². The van der Waals surface area contributed by atoms with E-state index in [1.54, 1.807) is 0 Å². The molecule has 1 unspecified atom stereocenters. The molecule has 7 heteroatoms. The van der Waals surface area contributed by atoms with Crippen molar-refractivity contribution in [1.82, 2.24) is 4.31 Å². The van der Waals surface area contributed by atoms with Crippen LogP contribution in [0.15, 0.2) is 13.8 Å². The molecule has 0 N–H and O–H groups in total. The van der Waals surface area contributed by atoms with Crippen LogP contribution in [-0.2, 0) is 11.1 Å². The van der Waals surface area contributed by atoms with Crippen molar-refractivity contribution in [2.75, 3.05) is 0 Å². The van der Waals surface area contributed by atoms with Crippen molar-refractivity contribution in [3.8, 4) is 0 Å². The van der Waals surface area contributed by atoms with Crippen molar-refractivity contribution in [2.45, 2.75) is 76.3 Å². The van der Waals surface area contributed by atoms with Crippen molar-refractivity contribution in [3.63, 3.8) is 0 Å². The van der Waals surface area contributed by atoms with Gasteiger partial charge in [-0.1, -0.05) is 38.5 Å². The highest BCUT2D eigenvalue weighted by Crippen LogP contribution is 2.33. The van der Waals surface area contributed by atoms with Gasteiger partial charge in [0.05, 0.1) is 0 Å². The smallest absolute Gasteiger partial charge is 0.216 e. The predicted molar refractivity (Wildman–Crippen MR) is 92.0 cm³/mol. The summed E-state index contributed by atoms with van der Waals surface area (Å²) in [5.74, 6) is 0. The summed E-state index contributed by atoms with van der Waals surface area (Å²) in [5.41, 5.74) is 0. The Labute approximate surface area is 139 Å². The van der Waals surface area contributed by atoms with Gasteiger partial charge < -0.3 is 0 Å². The lowest BCUT2D eigenvalue weighted by atomic mass is 9.91. The van der Waals surface area contributed by atoms with Crippen molar-refractivity contribution in [2.24, 2.45) is 13.8 Å². The summed E-state index contributed by atoms with van der Waals surface area (Å²) in [5, 5.41) is 0.491. The van der Waals surface area contributed by atoms with Crippen LogP contribution < -0.4 is 0 Å². The maximum absolute atomic E-state index is 6.03. The second-order valence-electron chi connectivity index (χ2n) is 6.02. The molecule has 2 saturated carbocycles. The molecule has 0 saturated heterocycles. The zero-order valence-electron chi connectivity index (χ0n) is 12.2. The van der Waals surface area contributed by atoms with Gasteiger partial charge in [-0.05, 0) is 48.9 Å². The maximum Gasteiger partial charge on any atom is 0.234 e. The van der Waals surface area contributed by atoms with E-state index in [-0.39, 0.29) is 10.6 Å². The summed E-state index contributed by atoms with van der Waals surface area (Å²) in [7, 11) is 0. The molecule has 21 heavy (non-hydrogen) atoms. The molecule has 4 nitrogen and oxygen atoms in total. The highest BCUT2D eigenvalue weighted by molar-refractivity contribution is 7.84. The minimum Gasteiger partial charge on any atom is -0.216 e. The van der Waals surface area contributed by atoms with Crippen molar-refractivity contribution in [3.05, 3.63) is 0 Å². The molecule has 2 aliphatic carbocycles. The number of rotatable bonds is 3. The largest absolute Gasteiger partial charge is 0.234 e. The number of halogens is 2. The molecular formula is C14H22Cl2N4S. The second-order valence-corrected chi connectivity index (χ2v) is 7.97. The summed E-state index contributed by atoms with van der Waals surface area (Å²) >= 11 is 11.5. The van der Waals surface area contributed by atoms with Crippen molar-refractivity contribution >= 4 is 44.9 Å². The third-order valence-corrected chi connectivity index (χ3v) is 6.74. The molecule has 1 aliphatic heterocycles. The van der Waals surface area contributed by atoms with Gasteiger partial charge in [-0.3, -0.25) is 0 Å². The minimum atomic E-state index is -0.586. The van der Waals surface area contributed by atoms with Gasteiger partial charge in [-0.15, -0.1) is 0 Å². The van der Waals surface area contributed by atoms with Gasteiger partial charge >= 0.3 is 0 Å². The Kier molecular flexibility index (Phi) is 5.71. The topological polar surface area (TPSA) is 40.3 Å². The second kappa shape index (κ2) is 7.53. The number of nitrogens with zero attached hydrogens (tertiary/aromatic N) is 4. The SMILES string of the molecule is ClC1=NC(Cl)=NS(N(C2CCCCC2)C2CCCCC2)=N1. The summed E-state index contributed by atoms with van der Waals surface area (Å²) in [6.07, 6.45) is 12.9. The Morgan fingerprint density at radius 1 is 0.810 bits per heavy atom. The normalized spacial score (nSPS) is 29.0. The Morgan fingerprint density at radius 2 is 1.33 bits per heavy atom. The van der Waals surface area contributed by atoms with Crippen LogP contribution in [0.3, 0.4) is 0 Å². The molecule has 0 aromatic rings. The average Bonchev–Trinajstić information content (AvgIpc) is 2.49. The molecule has 1 atom stereocenters. The molecule has 3 rings (SSSR count). The maximum atomic E-state index is 6.03. The van der Waals surface area contributed by atoms with Gasteiger partial charge in [0.2, 0.25) is 10.6 Å². The first-order chi connectivity index (χ1) is 10.2. The van der Waals surface area contributed by atoms with Crippen LogP contribution in [0.4, 0.5) is 0 Å². The first-order valence-corrected chi connectivity index (χ1v) is 9.82. The summed E-state index contributed by atoms with van der Waals surface area (Å²) < 4.78 is 11.5. The molecule has 2 fully saturated rings. The fourth-order valence-corrected chi connectivity index (χ4v) is 5.71. The monoisotopic (exact) mass is 348 g/mol. The first-order valence-electron chi connectivity index (χ1n) is 7.97. The molecular weight excluding hydrogens is 327 g/mol. The summed E-state index contributed by atoms with van der Waals surface area (Å²) in [6.45, 7) is 0. The Hall–Kier alpha value is 0.0300. The molecule has 118 valence electrons. The lowest BCUT2D eigenvalue weighted by Crippen LogP contribution is -2.46. The highest BCUT2D eigenvalue weighted by atomic mass is 35.5. The zero-order chi connectivity index (χ0) is 14.7. The molecule has 0 bridgehead atoms.